The standard InChI is InChI=1S/C18H37N3O.HI/c1-4-9-16(10-13-22)14-20-17(19-6-3)21-15-18(5-2)11-7-8-12-18;/h16,22H,4-15H2,1-3H3,(H2,19,20,21);1H. The van der Waals surface area contributed by atoms with Gasteiger partial charge in [-0.2, -0.15) is 0 Å². The summed E-state index contributed by atoms with van der Waals surface area (Å²) >= 11 is 0. The summed E-state index contributed by atoms with van der Waals surface area (Å²) in [4.78, 5) is 4.86. The second-order valence-corrected chi connectivity index (χ2v) is 6.80. The zero-order valence-corrected chi connectivity index (χ0v) is 17.7. The highest BCUT2D eigenvalue weighted by Gasteiger charge is 2.31. The Kier molecular flexibility index (Phi) is 13.3. The Morgan fingerprint density at radius 3 is 2.35 bits per heavy atom. The molecule has 0 bridgehead atoms. The van der Waals surface area contributed by atoms with Crippen LogP contribution in [0.5, 0.6) is 0 Å². The molecule has 1 saturated carbocycles. The average molecular weight is 439 g/mol. The molecule has 1 atom stereocenters. The van der Waals surface area contributed by atoms with Crippen LogP contribution < -0.4 is 10.6 Å². The Morgan fingerprint density at radius 2 is 1.83 bits per heavy atom. The van der Waals surface area contributed by atoms with Crippen molar-refractivity contribution in [3.8, 4) is 0 Å². The molecule has 5 heteroatoms. The molecule has 0 aromatic rings. The van der Waals surface area contributed by atoms with Crippen molar-refractivity contribution in [2.24, 2.45) is 16.3 Å². The van der Waals surface area contributed by atoms with Crippen molar-refractivity contribution in [1.29, 1.82) is 0 Å². The fourth-order valence-electron chi connectivity index (χ4n) is 3.52. The minimum atomic E-state index is 0. The third kappa shape index (κ3) is 8.57. The van der Waals surface area contributed by atoms with Crippen LogP contribution in [0, 0.1) is 11.3 Å². The van der Waals surface area contributed by atoms with Gasteiger partial charge in [0.05, 0.1) is 0 Å². The maximum absolute atomic E-state index is 9.17. The molecule has 0 aliphatic heterocycles. The topological polar surface area (TPSA) is 56.6 Å². The summed E-state index contributed by atoms with van der Waals surface area (Å²) in [6.07, 6.45) is 9.82. The molecule has 138 valence electrons. The molecule has 1 unspecified atom stereocenters. The van der Waals surface area contributed by atoms with Crippen LogP contribution in [-0.2, 0) is 0 Å². The van der Waals surface area contributed by atoms with E-state index in [1.54, 1.807) is 0 Å². The van der Waals surface area contributed by atoms with Crippen LogP contribution >= 0.6 is 24.0 Å². The quantitative estimate of drug-likeness (QED) is 0.275. The molecule has 4 nitrogen and oxygen atoms in total. The second-order valence-electron chi connectivity index (χ2n) is 6.80. The van der Waals surface area contributed by atoms with Crippen molar-refractivity contribution in [2.75, 3.05) is 26.2 Å². The predicted molar refractivity (Wildman–Crippen MR) is 111 cm³/mol. The van der Waals surface area contributed by atoms with Crippen molar-refractivity contribution in [3.05, 3.63) is 0 Å². The van der Waals surface area contributed by atoms with Crippen LogP contribution in [0.4, 0.5) is 0 Å². The van der Waals surface area contributed by atoms with E-state index in [0.29, 0.717) is 11.3 Å². The van der Waals surface area contributed by atoms with Crippen molar-refractivity contribution in [1.82, 2.24) is 10.6 Å². The van der Waals surface area contributed by atoms with Gasteiger partial charge < -0.3 is 15.7 Å². The van der Waals surface area contributed by atoms with Crippen LogP contribution in [-0.4, -0.2) is 37.3 Å². The van der Waals surface area contributed by atoms with Crippen LogP contribution in [0.3, 0.4) is 0 Å². The molecule has 1 aliphatic rings. The van der Waals surface area contributed by atoms with Gasteiger partial charge in [-0.1, -0.05) is 33.1 Å². The Bertz CT molecular complexity index is 311. The Hall–Kier alpha value is -0.0400. The minimum absolute atomic E-state index is 0. The molecule has 0 heterocycles. The average Bonchev–Trinajstić information content (AvgIpc) is 3.00. The first kappa shape index (κ1) is 23.0. The van der Waals surface area contributed by atoms with Crippen LogP contribution in [0.15, 0.2) is 4.99 Å². The number of aliphatic imine (C=N–C) groups is 1. The van der Waals surface area contributed by atoms with Gasteiger partial charge in [0, 0.05) is 26.2 Å². The van der Waals surface area contributed by atoms with E-state index in [0.717, 1.165) is 38.4 Å². The first-order valence-electron chi connectivity index (χ1n) is 9.32. The van der Waals surface area contributed by atoms with E-state index in [4.69, 9.17) is 4.99 Å². The van der Waals surface area contributed by atoms with E-state index in [-0.39, 0.29) is 30.6 Å². The van der Waals surface area contributed by atoms with Gasteiger partial charge in [-0.25, -0.2) is 0 Å². The SMILES string of the molecule is CCCC(CCO)CNC(=NCC1(CC)CCCC1)NCC.I. The van der Waals surface area contributed by atoms with Crippen molar-refractivity contribution < 1.29 is 5.11 Å². The lowest BCUT2D eigenvalue weighted by Crippen LogP contribution is -2.40. The molecule has 0 saturated heterocycles. The van der Waals surface area contributed by atoms with E-state index in [2.05, 4.69) is 31.4 Å². The number of nitrogens with zero attached hydrogens (tertiary/aromatic N) is 1. The molecule has 0 radical (unpaired) electrons. The predicted octanol–water partition coefficient (Wildman–Crippen LogP) is 3.93. The molecule has 0 aromatic carbocycles. The number of halogens is 1. The fraction of sp³-hybridized carbons (Fsp3) is 0.944. The summed E-state index contributed by atoms with van der Waals surface area (Å²) in [5, 5.41) is 16.0. The Balaban J connectivity index is 0.00000484. The highest BCUT2D eigenvalue weighted by atomic mass is 127. The lowest BCUT2D eigenvalue weighted by atomic mass is 9.84. The molecular weight excluding hydrogens is 401 g/mol. The first-order chi connectivity index (χ1) is 10.7. The van der Waals surface area contributed by atoms with Crippen LogP contribution in [0.2, 0.25) is 0 Å². The maximum Gasteiger partial charge on any atom is 0.191 e. The number of hydrogen-bond donors (Lipinski definition) is 3. The van der Waals surface area contributed by atoms with Gasteiger partial charge in [-0.3, -0.25) is 4.99 Å². The summed E-state index contributed by atoms with van der Waals surface area (Å²) in [5.74, 6) is 1.48. The van der Waals surface area contributed by atoms with Crippen LogP contribution in [0.1, 0.15) is 72.1 Å². The summed E-state index contributed by atoms with van der Waals surface area (Å²) in [6.45, 7) is 9.63. The molecule has 0 spiro atoms. The lowest BCUT2D eigenvalue weighted by Gasteiger charge is -2.26. The van der Waals surface area contributed by atoms with E-state index in [9.17, 15) is 5.11 Å². The minimum Gasteiger partial charge on any atom is -0.396 e. The summed E-state index contributed by atoms with van der Waals surface area (Å²) < 4.78 is 0. The third-order valence-electron chi connectivity index (χ3n) is 5.12. The maximum atomic E-state index is 9.17. The third-order valence-corrected chi connectivity index (χ3v) is 5.12. The number of nitrogens with one attached hydrogen (secondary N) is 2. The Labute approximate surface area is 160 Å². The molecule has 23 heavy (non-hydrogen) atoms. The van der Waals surface area contributed by atoms with E-state index < -0.39 is 0 Å². The zero-order valence-electron chi connectivity index (χ0n) is 15.4. The van der Waals surface area contributed by atoms with Gasteiger partial charge in [-0.05, 0) is 50.4 Å². The number of guanidine groups is 1. The van der Waals surface area contributed by atoms with Crippen molar-refractivity contribution in [3.63, 3.8) is 0 Å². The van der Waals surface area contributed by atoms with E-state index in [1.807, 2.05) is 0 Å². The summed E-state index contributed by atoms with van der Waals surface area (Å²) in [5.41, 5.74) is 0.441. The van der Waals surface area contributed by atoms with Crippen LogP contribution in [0.25, 0.3) is 0 Å². The van der Waals surface area contributed by atoms with E-state index in [1.165, 1.54) is 38.5 Å². The lowest BCUT2D eigenvalue weighted by molar-refractivity contribution is 0.251. The van der Waals surface area contributed by atoms with Gasteiger partial charge in [0.2, 0.25) is 0 Å². The molecular formula is C18H38IN3O. The van der Waals surface area contributed by atoms with Gasteiger partial charge >= 0.3 is 0 Å². The smallest absolute Gasteiger partial charge is 0.191 e. The molecule has 1 aliphatic carbocycles. The molecule has 3 N–H and O–H groups in total. The molecule has 0 aromatic heterocycles. The monoisotopic (exact) mass is 439 g/mol. The molecule has 1 fully saturated rings. The molecule has 1 rings (SSSR count). The van der Waals surface area contributed by atoms with Gasteiger partial charge in [0.15, 0.2) is 5.96 Å². The summed E-state index contributed by atoms with van der Waals surface area (Å²) in [7, 11) is 0. The number of rotatable bonds is 10. The fourth-order valence-corrected chi connectivity index (χ4v) is 3.52. The van der Waals surface area contributed by atoms with E-state index >= 15 is 0 Å². The number of hydrogen-bond acceptors (Lipinski definition) is 2. The number of aliphatic hydroxyl groups excluding tert-OH is 1. The summed E-state index contributed by atoms with van der Waals surface area (Å²) in [6, 6.07) is 0. The van der Waals surface area contributed by atoms with Crippen molar-refractivity contribution in [2.45, 2.75) is 72.1 Å². The Morgan fingerprint density at radius 1 is 1.13 bits per heavy atom. The zero-order chi connectivity index (χ0) is 16.3. The highest BCUT2D eigenvalue weighted by Crippen LogP contribution is 2.41. The second kappa shape index (κ2) is 13.3. The van der Waals surface area contributed by atoms with Gasteiger partial charge in [0.1, 0.15) is 0 Å². The molecule has 0 amide bonds. The normalized spacial score (nSPS) is 18.3. The highest BCUT2D eigenvalue weighted by molar-refractivity contribution is 14.0. The van der Waals surface area contributed by atoms with Gasteiger partial charge in [0.25, 0.3) is 0 Å². The number of aliphatic hydroxyl groups is 1. The van der Waals surface area contributed by atoms with Crippen molar-refractivity contribution >= 4 is 29.9 Å². The first-order valence-corrected chi connectivity index (χ1v) is 9.32. The van der Waals surface area contributed by atoms with Gasteiger partial charge in [-0.15, -0.1) is 24.0 Å². The largest absolute Gasteiger partial charge is 0.396 e.